The topological polar surface area (TPSA) is 46.8 Å². The first-order valence-corrected chi connectivity index (χ1v) is 19.5. The van der Waals surface area contributed by atoms with Gasteiger partial charge in [-0.15, -0.1) is 0 Å². The van der Waals surface area contributed by atoms with E-state index in [0.717, 1.165) is 72.7 Å². The van der Waals surface area contributed by atoms with Gasteiger partial charge in [0.1, 0.15) is 0 Å². The number of nitrogens with zero attached hydrogens (tertiary/aromatic N) is 5. The fraction of sp³-hybridized carbons (Fsp3) is 0. The number of rotatable bonds is 6. The van der Waals surface area contributed by atoms with Crippen LogP contribution in [0.2, 0.25) is 0 Å². The van der Waals surface area contributed by atoms with Crippen molar-refractivity contribution in [2.75, 3.05) is 4.90 Å². The molecular formula is C53H35N5. The fourth-order valence-electron chi connectivity index (χ4n) is 8.29. The third-order valence-corrected chi connectivity index (χ3v) is 11.0. The molecule has 11 rings (SSSR count). The molecule has 0 saturated heterocycles. The van der Waals surface area contributed by atoms with E-state index in [0.29, 0.717) is 17.5 Å². The van der Waals surface area contributed by atoms with Gasteiger partial charge in [-0.25, -0.2) is 15.0 Å². The van der Waals surface area contributed by atoms with E-state index in [9.17, 15) is 0 Å². The lowest BCUT2D eigenvalue weighted by molar-refractivity contribution is 1.07. The van der Waals surface area contributed by atoms with Crippen LogP contribution < -0.4 is 4.90 Å². The number of benzene rings is 8. The molecule has 0 N–H and O–H groups in total. The summed E-state index contributed by atoms with van der Waals surface area (Å²) in [6, 6.07) is 70.1. The zero-order valence-corrected chi connectivity index (χ0v) is 31.4. The predicted octanol–water partition coefficient (Wildman–Crippen LogP) is 13.6. The number of aromatic nitrogens is 4. The summed E-state index contributed by atoms with van der Waals surface area (Å²) >= 11 is 0. The van der Waals surface area contributed by atoms with Crippen molar-refractivity contribution in [2.45, 2.75) is 0 Å². The minimum atomic E-state index is 0.612. The van der Waals surface area contributed by atoms with E-state index in [1.807, 2.05) is 36.4 Å². The Bertz CT molecular complexity index is 3170. The Morgan fingerprint density at radius 1 is 0.345 bits per heavy atom. The van der Waals surface area contributed by atoms with Gasteiger partial charge < -0.3 is 9.47 Å². The van der Waals surface area contributed by atoms with Gasteiger partial charge in [0, 0.05) is 44.4 Å². The van der Waals surface area contributed by atoms with Gasteiger partial charge in [-0.1, -0.05) is 164 Å². The average Bonchev–Trinajstić information content (AvgIpc) is 3.54. The number of hydrogen-bond donors (Lipinski definition) is 0. The minimum Gasteiger partial charge on any atom is -0.309 e. The summed E-state index contributed by atoms with van der Waals surface area (Å²) in [4.78, 5) is 17.7. The average molecular weight is 742 g/mol. The second-order valence-electron chi connectivity index (χ2n) is 14.5. The molecule has 5 heteroatoms. The molecule has 0 fully saturated rings. The first-order chi connectivity index (χ1) is 28.8. The van der Waals surface area contributed by atoms with Crippen LogP contribution in [0.4, 0.5) is 17.1 Å². The molecule has 10 aromatic rings. The van der Waals surface area contributed by atoms with Crippen LogP contribution in [0, 0.1) is 0 Å². The standard InChI is InChI=1S/C53H35N5/c1-4-16-36(17-5-1)39-21-14-22-40(34-39)52-54-51(38-19-6-2-7-20-38)55-53(56-52)41-23-15-26-43(35-41)58-48-29-13-11-27-44(48)45-32-33-49-46(50(45)58)31-30-37-18-10-12-28-47(37)57(49)42-24-8-3-9-25-42/h1-35H. The maximum Gasteiger partial charge on any atom is 0.164 e. The van der Waals surface area contributed by atoms with E-state index < -0.39 is 0 Å². The molecule has 0 bridgehead atoms. The van der Waals surface area contributed by atoms with Crippen molar-refractivity contribution in [2.24, 2.45) is 0 Å². The maximum absolute atomic E-state index is 5.18. The second-order valence-corrected chi connectivity index (χ2v) is 14.5. The van der Waals surface area contributed by atoms with Crippen LogP contribution in [-0.2, 0) is 0 Å². The van der Waals surface area contributed by atoms with Gasteiger partial charge in [0.2, 0.25) is 0 Å². The van der Waals surface area contributed by atoms with Crippen molar-refractivity contribution in [3.63, 3.8) is 0 Å². The predicted molar refractivity (Wildman–Crippen MR) is 240 cm³/mol. The van der Waals surface area contributed by atoms with Crippen LogP contribution >= 0.6 is 0 Å². The molecule has 1 aliphatic heterocycles. The normalized spacial score (nSPS) is 12.0. The second kappa shape index (κ2) is 14.0. The van der Waals surface area contributed by atoms with Gasteiger partial charge in [0.05, 0.1) is 22.4 Å². The van der Waals surface area contributed by atoms with Crippen molar-refractivity contribution >= 4 is 51.0 Å². The smallest absolute Gasteiger partial charge is 0.164 e. The molecule has 0 aliphatic carbocycles. The quantitative estimate of drug-likeness (QED) is 0.170. The third-order valence-electron chi connectivity index (χ3n) is 11.0. The number of hydrogen-bond acceptors (Lipinski definition) is 4. The van der Waals surface area contributed by atoms with Crippen molar-refractivity contribution in [3.05, 3.63) is 211 Å². The highest BCUT2D eigenvalue weighted by atomic mass is 15.2. The number of para-hydroxylation sites is 3. The summed E-state index contributed by atoms with van der Waals surface area (Å²) in [6.45, 7) is 0. The molecule has 0 atom stereocenters. The van der Waals surface area contributed by atoms with E-state index in [-0.39, 0.29) is 0 Å². The minimum absolute atomic E-state index is 0.612. The summed E-state index contributed by atoms with van der Waals surface area (Å²) in [7, 11) is 0. The molecule has 8 aromatic carbocycles. The molecule has 272 valence electrons. The molecule has 3 heterocycles. The zero-order valence-electron chi connectivity index (χ0n) is 31.4. The molecule has 0 unspecified atom stereocenters. The molecule has 5 nitrogen and oxygen atoms in total. The van der Waals surface area contributed by atoms with E-state index in [4.69, 9.17) is 15.0 Å². The van der Waals surface area contributed by atoms with Gasteiger partial charge in [-0.3, -0.25) is 0 Å². The molecule has 1 aliphatic rings. The molecule has 0 amide bonds. The van der Waals surface area contributed by atoms with Gasteiger partial charge in [-0.05, 0) is 65.2 Å². The highest BCUT2D eigenvalue weighted by molar-refractivity contribution is 6.15. The van der Waals surface area contributed by atoms with Crippen molar-refractivity contribution in [1.82, 2.24) is 19.5 Å². The summed E-state index contributed by atoms with van der Waals surface area (Å²) in [5.41, 5.74) is 14.0. The summed E-state index contributed by atoms with van der Waals surface area (Å²) in [6.07, 6.45) is 4.53. The molecule has 0 spiro atoms. The lowest BCUT2D eigenvalue weighted by Crippen LogP contribution is -2.12. The Balaban J connectivity index is 1.12. The van der Waals surface area contributed by atoms with Crippen LogP contribution in [0.25, 0.3) is 84.9 Å². The van der Waals surface area contributed by atoms with Crippen LogP contribution in [0.15, 0.2) is 200 Å². The van der Waals surface area contributed by atoms with E-state index >= 15 is 0 Å². The summed E-state index contributed by atoms with van der Waals surface area (Å²) in [5.74, 6) is 1.87. The number of anilines is 3. The first kappa shape index (κ1) is 33.4. The Labute approximate surface area is 336 Å². The summed E-state index contributed by atoms with van der Waals surface area (Å²) in [5, 5.41) is 2.38. The van der Waals surface area contributed by atoms with E-state index in [2.05, 4.69) is 185 Å². The fourth-order valence-corrected chi connectivity index (χ4v) is 8.29. The van der Waals surface area contributed by atoms with Crippen LogP contribution in [-0.4, -0.2) is 19.5 Å². The Morgan fingerprint density at radius 3 is 1.69 bits per heavy atom. The Kier molecular flexibility index (Phi) is 8.07. The molecule has 0 saturated carbocycles. The van der Waals surface area contributed by atoms with Crippen LogP contribution in [0.1, 0.15) is 11.1 Å². The summed E-state index contributed by atoms with van der Waals surface area (Å²) < 4.78 is 2.40. The van der Waals surface area contributed by atoms with Crippen molar-refractivity contribution < 1.29 is 0 Å². The third kappa shape index (κ3) is 5.76. The van der Waals surface area contributed by atoms with Gasteiger partial charge in [-0.2, -0.15) is 0 Å². The van der Waals surface area contributed by atoms with Gasteiger partial charge >= 0.3 is 0 Å². The monoisotopic (exact) mass is 741 g/mol. The molecule has 0 radical (unpaired) electrons. The highest BCUT2D eigenvalue weighted by Gasteiger charge is 2.25. The number of fused-ring (bicyclic) bond motifs is 6. The van der Waals surface area contributed by atoms with Crippen molar-refractivity contribution in [3.8, 4) is 51.0 Å². The molecule has 2 aromatic heterocycles. The maximum atomic E-state index is 5.18. The lowest BCUT2D eigenvalue weighted by atomic mass is 10.0. The largest absolute Gasteiger partial charge is 0.309 e. The highest BCUT2D eigenvalue weighted by Crippen LogP contribution is 2.46. The lowest BCUT2D eigenvalue weighted by Gasteiger charge is -2.27. The Morgan fingerprint density at radius 2 is 0.914 bits per heavy atom. The van der Waals surface area contributed by atoms with E-state index in [1.165, 1.54) is 10.8 Å². The Hall–Kier alpha value is -7.89. The van der Waals surface area contributed by atoms with Crippen LogP contribution in [0.5, 0.6) is 0 Å². The van der Waals surface area contributed by atoms with Gasteiger partial charge in [0.25, 0.3) is 0 Å². The zero-order chi connectivity index (χ0) is 38.4. The molecular weight excluding hydrogens is 707 g/mol. The SMILES string of the molecule is C1=Cc2c(ccc3c4ccccc4n(-c4cccc(-c5nc(-c6ccccc6)nc(-c6cccc(-c7ccccc7)c6)n5)c4)c23)N(c2ccccc2)c2ccccc21. The van der Waals surface area contributed by atoms with E-state index in [1.54, 1.807) is 0 Å². The van der Waals surface area contributed by atoms with Gasteiger partial charge in [0.15, 0.2) is 17.5 Å². The molecule has 58 heavy (non-hydrogen) atoms. The van der Waals surface area contributed by atoms with Crippen molar-refractivity contribution in [1.29, 1.82) is 0 Å². The first-order valence-electron chi connectivity index (χ1n) is 19.5. The van der Waals surface area contributed by atoms with Crippen LogP contribution in [0.3, 0.4) is 0 Å².